The second-order valence-electron chi connectivity index (χ2n) is 3.05. The molecule has 0 aliphatic rings. The van der Waals surface area contributed by atoms with Crippen molar-refractivity contribution in [3.05, 3.63) is 30.4 Å². The van der Waals surface area contributed by atoms with Crippen LogP contribution in [-0.2, 0) is 11.3 Å². The van der Waals surface area contributed by atoms with Gasteiger partial charge in [-0.1, -0.05) is 0 Å². The van der Waals surface area contributed by atoms with Gasteiger partial charge < -0.3 is 14.9 Å². The first-order valence-electron chi connectivity index (χ1n) is 4.44. The van der Waals surface area contributed by atoms with Gasteiger partial charge in [-0.25, -0.2) is 9.97 Å². The largest absolute Gasteiger partial charge is 0.472 e. The van der Waals surface area contributed by atoms with Crippen molar-refractivity contribution in [2.45, 2.75) is 6.61 Å². The fourth-order valence-corrected chi connectivity index (χ4v) is 1.26. The fraction of sp³-hybridized carbons (Fsp3) is 0.200. The molecule has 2 aromatic heterocycles. The normalized spacial score (nSPS) is 10.5. The van der Waals surface area contributed by atoms with Gasteiger partial charge in [-0.05, 0) is 6.07 Å². The highest BCUT2D eigenvalue weighted by atomic mass is 16.5. The van der Waals surface area contributed by atoms with Crippen LogP contribution in [0.2, 0.25) is 0 Å². The zero-order chi connectivity index (χ0) is 10.7. The third-order valence-corrected chi connectivity index (χ3v) is 1.87. The zero-order valence-corrected chi connectivity index (χ0v) is 8.30. The molecule has 0 saturated heterocycles. The van der Waals surface area contributed by atoms with Crippen molar-refractivity contribution in [2.75, 3.05) is 12.8 Å². The Morgan fingerprint density at radius 2 is 2.33 bits per heavy atom. The van der Waals surface area contributed by atoms with Crippen molar-refractivity contribution in [3.8, 4) is 11.4 Å². The first kappa shape index (κ1) is 9.67. The van der Waals surface area contributed by atoms with Crippen LogP contribution in [0.25, 0.3) is 11.4 Å². The van der Waals surface area contributed by atoms with Gasteiger partial charge in [-0.3, -0.25) is 0 Å². The molecule has 2 aromatic rings. The van der Waals surface area contributed by atoms with Crippen LogP contribution >= 0.6 is 0 Å². The molecule has 0 radical (unpaired) electrons. The van der Waals surface area contributed by atoms with E-state index in [1.54, 1.807) is 31.8 Å². The molecule has 0 unspecified atom stereocenters. The molecule has 2 rings (SSSR count). The monoisotopic (exact) mass is 205 g/mol. The van der Waals surface area contributed by atoms with Crippen LogP contribution in [0.4, 0.5) is 5.82 Å². The summed E-state index contributed by atoms with van der Waals surface area (Å²) in [4.78, 5) is 8.40. The summed E-state index contributed by atoms with van der Waals surface area (Å²) < 4.78 is 9.94. The molecule has 2 N–H and O–H groups in total. The Kier molecular flexibility index (Phi) is 2.64. The number of nitrogens with two attached hydrogens (primary N) is 1. The van der Waals surface area contributed by atoms with E-state index in [1.165, 1.54) is 0 Å². The number of anilines is 1. The fourth-order valence-electron chi connectivity index (χ4n) is 1.26. The third-order valence-electron chi connectivity index (χ3n) is 1.87. The summed E-state index contributed by atoms with van der Waals surface area (Å²) >= 11 is 0. The standard InChI is InChI=1S/C10H11N3O2/c1-14-6-8-4-9(11)13-10(12-8)7-2-3-15-5-7/h2-5H,6H2,1H3,(H2,11,12,13). The predicted molar refractivity (Wildman–Crippen MR) is 54.9 cm³/mol. The summed E-state index contributed by atoms with van der Waals surface area (Å²) in [6, 6.07) is 3.47. The quantitative estimate of drug-likeness (QED) is 0.821. The van der Waals surface area contributed by atoms with Crippen LogP contribution < -0.4 is 5.73 Å². The van der Waals surface area contributed by atoms with E-state index in [2.05, 4.69) is 9.97 Å². The minimum atomic E-state index is 0.414. The molecule has 5 nitrogen and oxygen atoms in total. The average molecular weight is 205 g/mol. The first-order valence-corrected chi connectivity index (χ1v) is 4.44. The molecule has 0 spiro atoms. The highest BCUT2D eigenvalue weighted by Crippen LogP contribution is 2.17. The lowest BCUT2D eigenvalue weighted by atomic mass is 10.3. The number of methoxy groups -OCH3 is 1. The molecule has 0 bridgehead atoms. The van der Waals surface area contributed by atoms with Crippen molar-refractivity contribution < 1.29 is 9.15 Å². The van der Waals surface area contributed by atoms with Gasteiger partial charge in [0.1, 0.15) is 12.1 Å². The highest BCUT2D eigenvalue weighted by molar-refractivity contribution is 5.54. The Hall–Kier alpha value is -1.88. The van der Waals surface area contributed by atoms with Crippen molar-refractivity contribution in [3.63, 3.8) is 0 Å². The molecule has 2 heterocycles. The molecule has 0 fully saturated rings. The van der Waals surface area contributed by atoms with Gasteiger partial charge in [0.2, 0.25) is 0 Å². The van der Waals surface area contributed by atoms with Crippen LogP contribution in [0.5, 0.6) is 0 Å². The lowest BCUT2D eigenvalue weighted by Gasteiger charge is -2.03. The van der Waals surface area contributed by atoms with E-state index in [9.17, 15) is 0 Å². The second-order valence-corrected chi connectivity index (χ2v) is 3.05. The predicted octanol–water partition coefficient (Wildman–Crippen LogP) is 1.47. The molecule has 0 amide bonds. The summed E-state index contributed by atoms with van der Waals surface area (Å²) in [5.74, 6) is 0.976. The Morgan fingerprint density at radius 3 is 3.00 bits per heavy atom. The van der Waals surface area contributed by atoms with Crippen LogP contribution in [0.1, 0.15) is 5.69 Å². The van der Waals surface area contributed by atoms with E-state index in [4.69, 9.17) is 14.9 Å². The smallest absolute Gasteiger partial charge is 0.165 e. The second kappa shape index (κ2) is 4.10. The maximum Gasteiger partial charge on any atom is 0.165 e. The lowest BCUT2D eigenvalue weighted by Crippen LogP contribution is -2.00. The van der Waals surface area contributed by atoms with Crippen molar-refractivity contribution in [1.29, 1.82) is 0 Å². The van der Waals surface area contributed by atoms with Crippen LogP contribution in [-0.4, -0.2) is 17.1 Å². The van der Waals surface area contributed by atoms with Gasteiger partial charge in [-0.2, -0.15) is 0 Å². The molecule has 0 aliphatic carbocycles. The van der Waals surface area contributed by atoms with E-state index in [0.717, 1.165) is 11.3 Å². The average Bonchev–Trinajstić information content (AvgIpc) is 2.70. The third kappa shape index (κ3) is 2.13. The Bertz CT molecular complexity index is 440. The van der Waals surface area contributed by atoms with Crippen molar-refractivity contribution in [2.24, 2.45) is 0 Å². The Labute approximate surface area is 86.9 Å². The van der Waals surface area contributed by atoms with E-state index >= 15 is 0 Å². The van der Waals surface area contributed by atoms with E-state index in [-0.39, 0.29) is 0 Å². The van der Waals surface area contributed by atoms with E-state index in [0.29, 0.717) is 18.2 Å². The van der Waals surface area contributed by atoms with Crippen LogP contribution in [0, 0.1) is 0 Å². The van der Waals surface area contributed by atoms with Crippen LogP contribution in [0.3, 0.4) is 0 Å². The Balaban J connectivity index is 2.40. The van der Waals surface area contributed by atoms with Gasteiger partial charge in [0.15, 0.2) is 5.82 Å². The highest BCUT2D eigenvalue weighted by Gasteiger charge is 2.06. The summed E-state index contributed by atoms with van der Waals surface area (Å²) in [5.41, 5.74) is 7.21. The minimum absolute atomic E-state index is 0.414. The summed E-state index contributed by atoms with van der Waals surface area (Å²) in [6.07, 6.45) is 3.14. The van der Waals surface area contributed by atoms with Crippen molar-refractivity contribution >= 4 is 5.82 Å². The number of nitrogen functional groups attached to an aromatic ring is 1. The molecular weight excluding hydrogens is 194 g/mol. The number of nitrogens with zero attached hydrogens (tertiary/aromatic N) is 2. The molecule has 0 atom stereocenters. The number of furan rings is 1. The summed E-state index contributed by atoms with van der Waals surface area (Å²) in [6.45, 7) is 0.414. The van der Waals surface area contributed by atoms with Gasteiger partial charge in [0.25, 0.3) is 0 Å². The summed E-state index contributed by atoms with van der Waals surface area (Å²) in [5, 5.41) is 0. The molecule has 0 aliphatic heterocycles. The molecular formula is C10H11N3O2. The first-order chi connectivity index (χ1) is 7.29. The summed E-state index contributed by atoms with van der Waals surface area (Å²) in [7, 11) is 1.61. The molecule has 0 saturated carbocycles. The molecule has 5 heteroatoms. The number of hydrogen-bond donors (Lipinski definition) is 1. The number of ether oxygens (including phenoxy) is 1. The van der Waals surface area contributed by atoms with Gasteiger partial charge in [0, 0.05) is 13.2 Å². The maximum atomic E-state index is 5.66. The van der Waals surface area contributed by atoms with E-state index < -0.39 is 0 Å². The molecule has 15 heavy (non-hydrogen) atoms. The van der Waals surface area contributed by atoms with Crippen molar-refractivity contribution in [1.82, 2.24) is 9.97 Å². The zero-order valence-electron chi connectivity index (χ0n) is 8.30. The maximum absolute atomic E-state index is 5.66. The minimum Gasteiger partial charge on any atom is -0.472 e. The lowest BCUT2D eigenvalue weighted by molar-refractivity contribution is 0.181. The topological polar surface area (TPSA) is 74.2 Å². The van der Waals surface area contributed by atoms with Gasteiger partial charge in [-0.15, -0.1) is 0 Å². The number of rotatable bonds is 3. The number of hydrogen-bond acceptors (Lipinski definition) is 5. The number of aromatic nitrogens is 2. The van der Waals surface area contributed by atoms with Gasteiger partial charge in [0.05, 0.1) is 24.1 Å². The van der Waals surface area contributed by atoms with E-state index in [1.807, 2.05) is 0 Å². The Morgan fingerprint density at radius 1 is 1.47 bits per heavy atom. The van der Waals surface area contributed by atoms with Gasteiger partial charge >= 0.3 is 0 Å². The van der Waals surface area contributed by atoms with Crippen LogP contribution in [0.15, 0.2) is 29.1 Å². The molecule has 0 aromatic carbocycles. The SMILES string of the molecule is COCc1cc(N)nc(-c2ccoc2)n1. The molecule has 78 valence electrons.